The zero-order valence-electron chi connectivity index (χ0n) is 10.1. The molecule has 1 aromatic carbocycles. The maximum atomic E-state index is 11.9. The van der Waals surface area contributed by atoms with E-state index in [1.807, 2.05) is 13.0 Å². The predicted octanol–water partition coefficient (Wildman–Crippen LogP) is 2.11. The fourth-order valence-corrected chi connectivity index (χ4v) is 2.60. The lowest BCUT2D eigenvalue weighted by Gasteiger charge is -2.06. The number of rotatable bonds is 5. The monoisotopic (exact) mass is 265 g/mol. The van der Waals surface area contributed by atoms with Crippen LogP contribution in [-0.2, 0) is 16.4 Å². The van der Waals surface area contributed by atoms with Crippen LogP contribution >= 0.6 is 0 Å². The smallest absolute Gasteiger partial charge is 0.240 e. The number of furan rings is 1. The number of aryl methyl sites for hydroxylation is 1. The molecule has 0 unspecified atom stereocenters. The standard InChI is InChI=1S/C13H15NO3S/c1-11-2-4-13(5-3-11)18(15,16)14-8-6-12-7-9-17-10-12/h2-5,7,9-10,14H,6,8H2,1H3. The van der Waals surface area contributed by atoms with Crippen molar-refractivity contribution in [2.75, 3.05) is 6.54 Å². The molecule has 0 aliphatic carbocycles. The van der Waals surface area contributed by atoms with Crippen LogP contribution in [0.25, 0.3) is 0 Å². The molecule has 0 aliphatic rings. The summed E-state index contributed by atoms with van der Waals surface area (Å²) in [4.78, 5) is 0.292. The minimum Gasteiger partial charge on any atom is -0.472 e. The van der Waals surface area contributed by atoms with Crippen molar-refractivity contribution < 1.29 is 12.8 Å². The lowest BCUT2D eigenvalue weighted by atomic mass is 10.2. The highest BCUT2D eigenvalue weighted by atomic mass is 32.2. The van der Waals surface area contributed by atoms with E-state index in [2.05, 4.69) is 4.72 Å². The molecule has 0 amide bonds. The first-order valence-electron chi connectivity index (χ1n) is 5.65. The second-order valence-electron chi connectivity index (χ2n) is 4.09. The van der Waals surface area contributed by atoms with E-state index >= 15 is 0 Å². The third-order valence-electron chi connectivity index (χ3n) is 2.62. The topological polar surface area (TPSA) is 59.3 Å². The second kappa shape index (κ2) is 5.37. The van der Waals surface area contributed by atoms with Gasteiger partial charge in [-0.3, -0.25) is 0 Å². The summed E-state index contributed by atoms with van der Waals surface area (Å²) in [5.41, 5.74) is 2.01. The van der Waals surface area contributed by atoms with Gasteiger partial charge < -0.3 is 4.42 Å². The Morgan fingerprint density at radius 3 is 2.50 bits per heavy atom. The van der Waals surface area contributed by atoms with Crippen LogP contribution < -0.4 is 4.72 Å². The Bertz CT molecular complexity index is 586. The second-order valence-corrected chi connectivity index (χ2v) is 5.86. The minimum atomic E-state index is -3.41. The number of benzene rings is 1. The predicted molar refractivity (Wildman–Crippen MR) is 68.8 cm³/mol. The molecule has 1 aromatic heterocycles. The van der Waals surface area contributed by atoms with Gasteiger partial charge in [-0.15, -0.1) is 0 Å². The van der Waals surface area contributed by atoms with E-state index in [4.69, 9.17) is 4.42 Å². The van der Waals surface area contributed by atoms with E-state index in [-0.39, 0.29) is 0 Å². The van der Waals surface area contributed by atoms with Crippen molar-refractivity contribution in [2.45, 2.75) is 18.2 Å². The molecule has 1 heterocycles. The Kier molecular flexibility index (Phi) is 3.84. The molecular weight excluding hydrogens is 250 g/mol. The third-order valence-corrected chi connectivity index (χ3v) is 4.09. The highest BCUT2D eigenvalue weighted by Gasteiger charge is 2.12. The molecule has 5 heteroatoms. The zero-order valence-corrected chi connectivity index (χ0v) is 10.9. The van der Waals surface area contributed by atoms with Crippen LogP contribution in [0.5, 0.6) is 0 Å². The molecule has 0 saturated heterocycles. The molecule has 2 rings (SSSR count). The Hall–Kier alpha value is -1.59. The van der Waals surface area contributed by atoms with Gasteiger partial charge in [0.15, 0.2) is 0 Å². The highest BCUT2D eigenvalue weighted by Crippen LogP contribution is 2.10. The number of nitrogens with one attached hydrogen (secondary N) is 1. The average Bonchev–Trinajstić information content (AvgIpc) is 2.82. The zero-order chi connectivity index (χ0) is 13.0. The summed E-state index contributed by atoms with van der Waals surface area (Å²) in [6.07, 6.45) is 3.80. The van der Waals surface area contributed by atoms with Crippen molar-refractivity contribution in [1.82, 2.24) is 4.72 Å². The first-order valence-corrected chi connectivity index (χ1v) is 7.14. The minimum absolute atomic E-state index is 0.292. The maximum Gasteiger partial charge on any atom is 0.240 e. The molecule has 96 valence electrons. The first-order chi connectivity index (χ1) is 8.58. The largest absolute Gasteiger partial charge is 0.472 e. The summed E-state index contributed by atoms with van der Waals surface area (Å²) < 4.78 is 31.4. The fourth-order valence-electron chi connectivity index (χ4n) is 1.57. The van der Waals surface area contributed by atoms with Gasteiger partial charge >= 0.3 is 0 Å². The third kappa shape index (κ3) is 3.21. The van der Waals surface area contributed by atoms with Gasteiger partial charge in [0.25, 0.3) is 0 Å². The van der Waals surface area contributed by atoms with Gasteiger partial charge in [-0.2, -0.15) is 0 Å². The number of hydrogen-bond donors (Lipinski definition) is 1. The van der Waals surface area contributed by atoms with Crippen molar-refractivity contribution in [3.63, 3.8) is 0 Å². The molecule has 0 bridgehead atoms. The van der Waals surface area contributed by atoms with Crippen molar-refractivity contribution in [3.05, 3.63) is 54.0 Å². The Morgan fingerprint density at radius 1 is 1.17 bits per heavy atom. The van der Waals surface area contributed by atoms with Gasteiger partial charge in [0.05, 0.1) is 17.4 Å². The van der Waals surface area contributed by atoms with Gasteiger partial charge in [-0.25, -0.2) is 13.1 Å². The van der Waals surface area contributed by atoms with E-state index < -0.39 is 10.0 Å². The van der Waals surface area contributed by atoms with E-state index in [0.717, 1.165) is 11.1 Å². The summed E-state index contributed by atoms with van der Waals surface area (Å²) in [6, 6.07) is 8.60. The van der Waals surface area contributed by atoms with Crippen LogP contribution in [0.3, 0.4) is 0 Å². The van der Waals surface area contributed by atoms with Gasteiger partial charge in [0.1, 0.15) is 0 Å². The van der Waals surface area contributed by atoms with E-state index in [9.17, 15) is 8.42 Å². The Labute approximate surface area is 107 Å². The van der Waals surface area contributed by atoms with Crippen LogP contribution in [0.4, 0.5) is 0 Å². The normalized spacial score (nSPS) is 11.6. The van der Waals surface area contributed by atoms with Crippen molar-refractivity contribution in [3.8, 4) is 0 Å². The summed E-state index contributed by atoms with van der Waals surface area (Å²) in [6.45, 7) is 2.28. The molecule has 0 atom stereocenters. The van der Waals surface area contributed by atoms with Crippen LogP contribution in [0.1, 0.15) is 11.1 Å². The molecule has 2 aromatic rings. The number of sulfonamides is 1. The van der Waals surface area contributed by atoms with Crippen molar-refractivity contribution >= 4 is 10.0 Å². The van der Waals surface area contributed by atoms with E-state index in [1.54, 1.807) is 36.8 Å². The highest BCUT2D eigenvalue weighted by molar-refractivity contribution is 7.89. The Morgan fingerprint density at radius 2 is 1.89 bits per heavy atom. The molecule has 4 nitrogen and oxygen atoms in total. The first kappa shape index (κ1) is 12.9. The lowest BCUT2D eigenvalue weighted by molar-refractivity contribution is 0.562. The summed E-state index contributed by atoms with van der Waals surface area (Å²) >= 11 is 0. The molecule has 1 N–H and O–H groups in total. The maximum absolute atomic E-state index is 11.9. The SMILES string of the molecule is Cc1ccc(S(=O)(=O)NCCc2ccoc2)cc1. The van der Waals surface area contributed by atoms with E-state index in [1.165, 1.54) is 0 Å². The van der Waals surface area contributed by atoms with Crippen LogP contribution in [0, 0.1) is 6.92 Å². The van der Waals surface area contributed by atoms with Gasteiger partial charge in [-0.05, 0) is 37.1 Å². The lowest BCUT2D eigenvalue weighted by Crippen LogP contribution is -2.25. The van der Waals surface area contributed by atoms with E-state index in [0.29, 0.717) is 17.9 Å². The van der Waals surface area contributed by atoms with Gasteiger partial charge in [0.2, 0.25) is 10.0 Å². The van der Waals surface area contributed by atoms with Gasteiger partial charge in [-0.1, -0.05) is 17.7 Å². The van der Waals surface area contributed by atoms with Crippen LogP contribution in [0.15, 0.2) is 52.2 Å². The molecule has 0 saturated carbocycles. The fraction of sp³-hybridized carbons (Fsp3) is 0.231. The number of hydrogen-bond acceptors (Lipinski definition) is 3. The molecule has 18 heavy (non-hydrogen) atoms. The Balaban J connectivity index is 1.97. The summed E-state index contributed by atoms with van der Waals surface area (Å²) in [5.74, 6) is 0. The van der Waals surface area contributed by atoms with Crippen molar-refractivity contribution in [1.29, 1.82) is 0 Å². The molecule has 0 fully saturated rings. The molecule has 0 spiro atoms. The van der Waals surface area contributed by atoms with Gasteiger partial charge in [0, 0.05) is 6.54 Å². The van der Waals surface area contributed by atoms with Crippen LogP contribution in [0.2, 0.25) is 0 Å². The van der Waals surface area contributed by atoms with Crippen LogP contribution in [-0.4, -0.2) is 15.0 Å². The average molecular weight is 265 g/mol. The summed E-state index contributed by atoms with van der Waals surface area (Å²) in [5, 5.41) is 0. The molecule has 0 aliphatic heterocycles. The molecular formula is C13H15NO3S. The molecule has 0 radical (unpaired) electrons. The summed E-state index contributed by atoms with van der Waals surface area (Å²) in [7, 11) is -3.41. The quantitative estimate of drug-likeness (QED) is 0.900. The van der Waals surface area contributed by atoms with Crippen molar-refractivity contribution in [2.24, 2.45) is 0 Å².